The fraction of sp³-hybridized carbons (Fsp3) is 0.345. The number of rotatable bonds is 8. The standard InChI is InChI=1S/C29H30F3N5O5/c1-18(2)37-22-13-12-19(9-5-4-8-14-35-28(33)34)15-21(22)26(40)36(17-24(37)38)23(20-10-6-3-7-11-20)16-25(39)42-27(41)29(30,31)32/h3,6-7,10-13,15,18,23H,4,8,14,16-17H2,1-2H3,(H4,33,34,35). The summed E-state index contributed by atoms with van der Waals surface area (Å²) >= 11 is 0. The predicted octanol–water partition coefficient (Wildman–Crippen LogP) is 3.05. The van der Waals surface area contributed by atoms with E-state index in [9.17, 15) is 32.3 Å². The van der Waals surface area contributed by atoms with Gasteiger partial charge in [-0.2, -0.15) is 13.2 Å². The van der Waals surface area contributed by atoms with Gasteiger partial charge in [0.2, 0.25) is 5.91 Å². The highest BCUT2D eigenvalue weighted by atomic mass is 19.4. The molecule has 2 aromatic carbocycles. The summed E-state index contributed by atoms with van der Waals surface area (Å²) < 4.78 is 42.2. The lowest BCUT2D eigenvalue weighted by Crippen LogP contribution is -2.44. The number of halogens is 3. The van der Waals surface area contributed by atoms with Crippen molar-refractivity contribution in [3.8, 4) is 11.8 Å². The molecule has 0 saturated carbocycles. The molecule has 4 N–H and O–H groups in total. The molecule has 0 saturated heterocycles. The number of guanidine groups is 1. The highest BCUT2D eigenvalue weighted by molar-refractivity contribution is 6.10. The molecule has 2 amide bonds. The first-order chi connectivity index (χ1) is 19.8. The van der Waals surface area contributed by atoms with Crippen LogP contribution in [0.4, 0.5) is 18.9 Å². The lowest BCUT2D eigenvalue weighted by molar-refractivity contribution is -0.202. The molecule has 1 unspecified atom stereocenters. The Labute approximate surface area is 240 Å². The van der Waals surface area contributed by atoms with Crippen molar-refractivity contribution < 1.29 is 37.1 Å². The van der Waals surface area contributed by atoms with Gasteiger partial charge < -0.3 is 26.0 Å². The molecule has 13 heteroatoms. The molecule has 0 aliphatic carbocycles. The second-order valence-corrected chi connectivity index (χ2v) is 9.62. The predicted molar refractivity (Wildman–Crippen MR) is 148 cm³/mol. The molecule has 10 nitrogen and oxygen atoms in total. The number of carbonyl (C=O) groups excluding carboxylic acids is 4. The van der Waals surface area contributed by atoms with Crippen LogP contribution in [0.15, 0.2) is 53.5 Å². The number of hydrogen-bond donors (Lipinski definition) is 2. The van der Waals surface area contributed by atoms with E-state index in [0.29, 0.717) is 36.2 Å². The van der Waals surface area contributed by atoms with E-state index in [1.807, 2.05) is 0 Å². The Morgan fingerprint density at radius 2 is 1.79 bits per heavy atom. The number of aliphatic imine (C=N–C) groups is 1. The highest BCUT2D eigenvalue weighted by Gasteiger charge is 2.43. The van der Waals surface area contributed by atoms with Gasteiger partial charge >= 0.3 is 18.1 Å². The average Bonchev–Trinajstić information content (AvgIpc) is 3.02. The van der Waals surface area contributed by atoms with Crippen molar-refractivity contribution in [2.75, 3.05) is 18.0 Å². The van der Waals surface area contributed by atoms with Crippen LogP contribution in [0.3, 0.4) is 0 Å². The molecule has 222 valence electrons. The molecule has 2 aromatic rings. The molecular formula is C29H30F3N5O5. The molecule has 1 aliphatic heterocycles. The van der Waals surface area contributed by atoms with Gasteiger partial charge in [0.1, 0.15) is 6.54 Å². The fourth-order valence-electron chi connectivity index (χ4n) is 4.38. The van der Waals surface area contributed by atoms with Crippen LogP contribution >= 0.6 is 0 Å². The average molecular weight is 586 g/mol. The van der Waals surface area contributed by atoms with E-state index in [2.05, 4.69) is 21.6 Å². The Hall–Kier alpha value is -4.86. The van der Waals surface area contributed by atoms with Gasteiger partial charge in [0.15, 0.2) is 5.96 Å². The van der Waals surface area contributed by atoms with Crippen LogP contribution in [-0.4, -0.2) is 59.9 Å². The second kappa shape index (κ2) is 13.7. The third kappa shape index (κ3) is 8.09. The van der Waals surface area contributed by atoms with Crippen LogP contribution in [0, 0.1) is 11.8 Å². The zero-order valence-electron chi connectivity index (χ0n) is 23.0. The Morgan fingerprint density at radius 1 is 1.10 bits per heavy atom. The zero-order chi connectivity index (χ0) is 31.0. The topological polar surface area (TPSA) is 148 Å². The molecular weight excluding hydrogens is 555 g/mol. The van der Waals surface area contributed by atoms with Crippen LogP contribution in [0.25, 0.3) is 0 Å². The number of nitrogens with zero attached hydrogens (tertiary/aromatic N) is 3. The SMILES string of the molecule is CC(C)N1C(=O)CN(C(CC(=O)OC(=O)C(F)(F)F)c2ccccc2)C(=O)c2cc(C#CCCCN=C(N)N)ccc21. The van der Waals surface area contributed by atoms with E-state index >= 15 is 0 Å². The highest BCUT2D eigenvalue weighted by Crippen LogP contribution is 2.34. The van der Waals surface area contributed by atoms with Crippen LogP contribution in [-0.2, 0) is 19.1 Å². The number of nitrogens with two attached hydrogens (primary N) is 2. The molecule has 0 spiro atoms. The first-order valence-electron chi connectivity index (χ1n) is 13.0. The lowest BCUT2D eigenvalue weighted by Gasteiger charge is -2.30. The van der Waals surface area contributed by atoms with E-state index < -0.39 is 48.9 Å². The summed E-state index contributed by atoms with van der Waals surface area (Å²) in [7, 11) is 0. The van der Waals surface area contributed by atoms with E-state index in [0.717, 1.165) is 4.90 Å². The molecule has 0 bridgehead atoms. The van der Waals surface area contributed by atoms with Gasteiger partial charge in [-0.3, -0.25) is 19.4 Å². The minimum atomic E-state index is -5.38. The molecule has 3 rings (SSSR count). The third-order valence-corrected chi connectivity index (χ3v) is 6.18. The summed E-state index contributed by atoms with van der Waals surface area (Å²) in [5, 5.41) is 0. The van der Waals surface area contributed by atoms with E-state index in [-0.39, 0.29) is 17.6 Å². The lowest BCUT2D eigenvalue weighted by atomic mass is 10.00. The molecule has 42 heavy (non-hydrogen) atoms. The maximum Gasteiger partial charge on any atom is 0.491 e. The van der Waals surface area contributed by atoms with Crippen molar-refractivity contribution in [3.05, 3.63) is 65.2 Å². The number of amides is 2. The summed E-state index contributed by atoms with van der Waals surface area (Å²) in [4.78, 5) is 57.7. The number of unbranched alkanes of at least 4 members (excludes halogenated alkanes) is 1. The van der Waals surface area contributed by atoms with Crippen LogP contribution < -0.4 is 16.4 Å². The Balaban J connectivity index is 2.01. The van der Waals surface area contributed by atoms with E-state index in [1.54, 1.807) is 56.3 Å². The maximum atomic E-state index is 14.0. The minimum Gasteiger partial charge on any atom is -0.386 e. The number of benzene rings is 2. The summed E-state index contributed by atoms with van der Waals surface area (Å²) in [6.07, 6.45) is -5.12. The summed E-state index contributed by atoms with van der Waals surface area (Å²) in [6.45, 7) is 3.44. The van der Waals surface area contributed by atoms with Crippen molar-refractivity contribution in [1.29, 1.82) is 0 Å². The Kier molecular flexibility index (Phi) is 10.3. The van der Waals surface area contributed by atoms with Crippen LogP contribution in [0.2, 0.25) is 0 Å². The zero-order valence-corrected chi connectivity index (χ0v) is 23.0. The largest absolute Gasteiger partial charge is 0.491 e. The first kappa shape index (κ1) is 31.7. The summed E-state index contributed by atoms with van der Waals surface area (Å²) in [6, 6.07) is 11.2. The first-order valence-corrected chi connectivity index (χ1v) is 13.0. The summed E-state index contributed by atoms with van der Waals surface area (Å²) in [5.41, 5.74) is 11.9. The van der Waals surface area contributed by atoms with Crippen molar-refractivity contribution in [1.82, 2.24) is 4.90 Å². The number of anilines is 1. The smallest absolute Gasteiger partial charge is 0.386 e. The van der Waals surface area contributed by atoms with Crippen LogP contribution in [0.1, 0.15) is 60.6 Å². The number of carbonyl (C=O) groups is 4. The third-order valence-electron chi connectivity index (χ3n) is 6.18. The number of ether oxygens (including phenoxy) is 1. The fourth-order valence-corrected chi connectivity index (χ4v) is 4.38. The number of fused-ring (bicyclic) bond motifs is 1. The molecule has 0 aromatic heterocycles. The van der Waals surface area contributed by atoms with Gasteiger partial charge in [-0.15, -0.1) is 0 Å². The second-order valence-electron chi connectivity index (χ2n) is 9.62. The quantitative estimate of drug-likeness (QED) is 0.121. The molecule has 1 aliphatic rings. The Morgan fingerprint density at radius 3 is 2.40 bits per heavy atom. The van der Waals surface area contributed by atoms with E-state index in [4.69, 9.17) is 11.5 Å². The monoisotopic (exact) mass is 585 g/mol. The number of esters is 2. The van der Waals surface area contributed by atoms with E-state index in [1.165, 1.54) is 11.0 Å². The maximum absolute atomic E-state index is 14.0. The molecule has 0 fully saturated rings. The van der Waals surface area contributed by atoms with Crippen molar-refractivity contribution in [2.45, 2.75) is 51.4 Å². The van der Waals surface area contributed by atoms with Gasteiger partial charge in [-0.1, -0.05) is 42.2 Å². The normalized spacial score (nSPS) is 14.0. The van der Waals surface area contributed by atoms with Crippen molar-refractivity contribution in [3.63, 3.8) is 0 Å². The van der Waals surface area contributed by atoms with Gasteiger partial charge in [0.25, 0.3) is 5.91 Å². The van der Waals surface area contributed by atoms with Crippen molar-refractivity contribution in [2.24, 2.45) is 16.5 Å². The number of alkyl halides is 3. The number of hydrogen-bond acceptors (Lipinski definition) is 6. The molecule has 0 radical (unpaired) electrons. The van der Waals surface area contributed by atoms with Gasteiger partial charge in [0, 0.05) is 24.6 Å². The summed E-state index contributed by atoms with van der Waals surface area (Å²) in [5.74, 6) is 0.631. The van der Waals surface area contributed by atoms with Gasteiger partial charge in [-0.05, 0) is 44.0 Å². The van der Waals surface area contributed by atoms with Crippen molar-refractivity contribution >= 4 is 35.4 Å². The van der Waals surface area contributed by atoms with Crippen LogP contribution in [0.5, 0.6) is 0 Å². The Bertz CT molecular complexity index is 1430. The molecule has 1 atom stereocenters. The minimum absolute atomic E-state index is 0.0185. The molecule has 1 heterocycles. The van der Waals surface area contributed by atoms with Gasteiger partial charge in [0.05, 0.1) is 23.7 Å². The van der Waals surface area contributed by atoms with Gasteiger partial charge in [-0.25, -0.2) is 4.79 Å².